The number of ketones is 1. The number of carbonyl (C=O) groups excluding carboxylic acids is 2. The van der Waals surface area contributed by atoms with E-state index in [-0.39, 0.29) is 5.56 Å². The summed E-state index contributed by atoms with van der Waals surface area (Å²) in [7, 11) is -5.72. The first-order valence-corrected chi connectivity index (χ1v) is 12.0. The minimum atomic E-state index is -5.72. The summed E-state index contributed by atoms with van der Waals surface area (Å²) in [5.41, 5.74) is -2.77. The first-order chi connectivity index (χ1) is 14.3. The number of hydrogen-bond acceptors (Lipinski definition) is 5. The van der Waals surface area contributed by atoms with Crippen molar-refractivity contribution in [3.63, 3.8) is 0 Å². The Morgan fingerprint density at radius 2 is 1.48 bits per heavy atom. The van der Waals surface area contributed by atoms with E-state index in [1.165, 1.54) is 12.1 Å². The average Bonchev–Trinajstić information content (AvgIpc) is 2.65. The zero-order valence-corrected chi connectivity index (χ0v) is 18.4. The molecule has 0 heterocycles. The van der Waals surface area contributed by atoms with Gasteiger partial charge in [-0.05, 0) is 70.1 Å². The van der Waals surface area contributed by atoms with Gasteiger partial charge in [0.2, 0.25) is 0 Å². The summed E-state index contributed by atoms with van der Waals surface area (Å²) in [4.78, 5) is 25.1. The van der Waals surface area contributed by atoms with Crippen LogP contribution in [0, 0.1) is 17.8 Å². The summed E-state index contributed by atoms with van der Waals surface area (Å²) in [6, 6.07) is 7.64. The van der Waals surface area contributed by atoms with Crippen LogP contribution in [0.4, 0.5) is 8.78 Å². The fraction of sp³-hybridized carbons (Fsp3) is 0.636. The van der Waals surface area contributed by atoms with E-state index in [1.54, 1.807) is 18.2 Å². The van der Waals surface area contributed by atoms with Gasteiger partial charge >= 0.3 is 21.3 Å². The molecule has 1 aromatic carbocycles. The quantitative estimate of drug-likeness (QED) is 0.501. The smallest absolute Gasteiger partial charge is 0.344 e. The van der Waals surface area contributed by atoms with Crippen molar-refractivity contribution in [2.75, 3.05) is 0 Å². The van der Waals surface area contributed by atoms with Crippen LogP contribution in [0.15, 0.2) is 30.3 Å². The fourth-order valence-corrected chi connectivity index (χ4v) is 7.00. The molecule has 4 saturated carbocycles. The van der Waals surface area contributed by atoms with Crippen LogP contribution in [0.3, 0.4) is 0 Å². The molecule has 4 aliphatic carbocycles. The van der Waals surface area contributed by atoms with Crippen molar-refractivity contribution in [1.82, 2.24) is 5.32 Å². The van der Waals surface area contributed by atoms with Gasteiger partial charge in [-0.25, -0.2) is 0 Å². The Labute approximate surface area is 180 Å². The van der Waals surface area contributed by atoms with Crippen molar-refractivity contribution in [2.24, 2.45) is 17.8 Å². The Hall–Kier alpha value is -1.87. The molecule has 170 valence electrons. The molecule has 0 saturated heterocycles. The number of halogens is 2. The van der Waals surface area contributed by atoms with E-state index in [1.807, 2.05) is 0 Å². The molecule has 6 nitrogen and oxygen atoms in total. The molecular formula is C22H27F2NO5S. The maximum atomic E-state index is 14.8. The zero-order valence-electron chi connectivity index (χ0n) is 17.6. The summed E-state index contributed by atoms with van der Waals surface area (Å²) in [6.45, 7) is 2.18. The molecule has 0 aromatic heterocycles. The van der Waals surface area contributed by atoms with Crippen molar-refractivity contribution in [2.45, 2.75) is 68.8 Å². The molecule has 0 spiro atoms. The summed E-state index contributed by atoms with van der Waals surface area (Å²) in [5, 5.41) is -2.43. The molecule has 4 fully saturated rings. The van der Waals surface area contributed by atoms with Crippen LogP contribution in [-0.4, -0.2) is 36.5 Å². The molecule has 4 bridgehead atoms. The van der Waals surface area contributed by atoms with Gasteiger partial charge in [-0.3, -0.25) is 13.8 Å². The average molecular weight is 456 g/mol. The number of amides is 1. The Morgan fingerprint density at radius 3 is 1.97 bits per heavy atom. The van der Waals surface area contributed by atoms with E-state index in [2.05, 4.69) is 9.50 Å². The minimum Gasteiger partial charge on any atom is -0.344 e. The highest BCUT2D eigenvalue weighted by Gasteiger charge is 2.60. The van der Waals surface area contributed by atoms with Gasteiger partial charge in [0.05, 0.1) is 0 Å². The monoisotopic (exact) mass is 455 g/mol. The lowest BCUT2D eigenvalue weighted by molar-refractivity contribution is -0.142. The molecule has 5 rings (SSSR count). The molecule has 0 radical (unpaired) electrons. The van der Waals surface area contributed by atoms with Gasteiger partial charge < -0.3 is 5.32 Å². The number of hydrogen-bond donors (Lipinski definition) is 1. The largest absolute Gasteiger partial charge is 0.446 e. The van der Waals surface area contributed by atoms with Gasteiger partial charge in [-0.1, -0.05) is 30.3 Å². The molecule has 0 unspecified atom stereocenters. The highest BCUT2D eigenvalue weighted by molar-refractivity contribution is 7.88. The zero-order chi connectivity index (χ0) is 22.7. The van der Waals surface area contributed by atoms with Gasteiger partial charge in [0, 0.05) is 11.1 Å². The number of benzene rings is 1. The predicted octanol–water partition coefficient (Wildman–Crippen LogP) is 3.67. The number of Topliss-reactive ketones (excluding diaryl/α,β-unsaturated/α-hetero) is 1. The second kappa shape index (κ2) is 7.33. The number of carbonyl (C=O) groups is 2. The van der Waals surface area contributed by atoms with E-state index in [4.69, 9.17) is 0 Å². The Kier molecular flexibility index (Phi) is 5.28. The van der Waals surface area contributed by atoms with Crippen molar-refractivity contribution < 1.29 is 31.0 Å². The number of rotatable bonds is 7. The summed E-state index contributed by atoms with van der Waals surface area (Å²) >= 11 is 0. The minimum absolute atomic E-state index is 0.115. The standard InChI is InChI=1S/C22H27F2NO5S/c1-20(2,18(26)17-6-4-3-5-7-17)30-31(28,29)22(23,24)19(27)25-21-11-14-8-15(12-21)10-16(9-14)13-21/h3-7,14-16H,8-13H2,1-2H3,(H,25,27)/t14-,15+,16-,21?. The molecule has 31 heavy (non-hydrogen) atoms. The van der Waals surface area contributed by atoms with Crippen LogP contribution >= 0.6 is 0 Å². The molecule has 1 amide bonds. The van der Waals surface area contributed by atoms with E-state index in [0.717, 1.165) is 33.1 Å². The van der Waals surface area contributed by atoms with Crippen LogP contribution in [0.5, 0.6) is 0 Å². The van der Waals surface area contributed by atoms with Crippen molar-refractivity contribution >= 4 is 21.8 Å². The van der Waals surface area contributed by atoms with Crippen LogP contribution in [0.1, 0.15) is 62.7 Å². The van der Waals surface area contributed by atoms with Crippen LogP contribution < -0.4 is 5.32 Å². The second-order valence-corrected chi connectivity index (χ2v) is 11.5. The van der Waals surface area contributed by atoms with Crippen LogP contribution in [0.2, 0.25) is 0 Å². The normalized spacial score (nSPS) is 30.3. The SMILES string of the molecule is CC(C)(OS(=O)(=O)C(F)(F)C(=O)NC12C[C@H]3C[C@@H](C1)C[C@@H](C2)C3)C(=O)c1ccccc1. The molecule has 0 atom stereocenters. The third-order valence-electron chi connectivity index (χ3n) is 6.90. The number of nitrogens with one attached hydrogen (secondary N) is 1. The molecule has 1 N–H and O–H groups in total. The predicted molar refractivity (Wildman–Crippen MR) is 109 cm³/mol. The number of alkyl halides is 2. The lowest BCUT2D eigenvalue weighted by atomic mass is 9.53. The van der Waals surface area contributed by atoms with E-state index < -0.39 is 38.2 Å². The maximum absolute atomic E-state index is 14.8. The Bertz CT molecular complexity index is 955. The van der Waals surface area contributed by atoms with Gasteiger partial charge in [-0.15, -0.1) is 0 Å². The molecular weight excluding hydrogens is 428 g/mol. The lowest BCUT2D eigenvalue weighted by Crippen LogP contribution is -2.63. The molecule has 4 aliphatic rings. The van der Waals surface area contributed by atoms with Crippen molar-refractivity contribution in [3.8, 4) is 0 Å². The molecule has 1 aromatic rings. The Morgan fingerprint density at radius 1 is 1.00 bits per heavy atom. The van der Waals surface area contributed by atoms with Gasteiger partial charge in [-0.2, -0.15) is 17.2 Å². The van der Waals surface area contributed by atoms with Crippen LogP contribution in [0.25, 0.3) is 0 Å². The third kappa shape index (κ3) is 4.02. The van der Waals surface area contributed by atoms with Gasteiger partial charge in [0.1, 0.15) is 5.60 Å². The lowest BCUT2D eigenvalue weighted by Gasteiger charge is -2.57. The third-order valence-corrected chi connectivity index (χ3v) is 8.35. The first-order valence-electron chi connectivity index (χ1n) is 10.6. The van der Waals surface area contributed by atoms with Crippen LogP contribution in [-0.2, 0) is 19.1 Å². The van der Waals surface area contributed by atoms with Crippen molar-refractivity contribution in [1.29, 1.82) is 0 Å². The van der Waals surface area contributed by atoms with Gasteiger partial charge in [0.15, 0.2) is 5.78 Å². The molecule has 9 heteroatoms. The summed E-state index contributed by atoms with van der Waals surface area (Å²) in [5.74, 6) is -1.51. The summed E-state index contributed by atoms with van der Waals surface area (Å²) in [6.07, 6.45) is 4.92. The highest BCUT2D eigenvalue weighted by atomic mass is 32.2. The Balaban J connectivity index is 1.50. The first kappa shape index (κ1) is 22.3. The second-order valence-electron chi connectivity index (χ2n) is 9.91. The fourth-order valence-electron chi connectivity index (χ4n) is 5.99. The van der Waals surface area contributed by atoms with E-state index >= 15 is 0 Å². The summed E-state index contributed by atoms with van der Waals surface area (Å²) < 4.78 is 59.2. The maximum Gasteiger partial charge on any atom is 0.446 e. The van der Waals surface area contributed by atoms with Crippen molar-refractivity contribution in [3.05, 3.63) is 35.9 Å². The molecule has 0 aliphatic heterocycles. The van der Waals surface area contributed by atoms with E-state index in [0.29, 0.717) is 37.0 Å². The highest BCUT2D eigenvalue weighted by Crippen LogP contribution is 2.55. The van der Waals surface area contributed by atoms with E-state index in [9.17, 15) is 26.8 Å². The van der Waals surface area contributed by atoms with Gasteiger partial charge in [0.25, 0.3) is 0 Å². The topological polar surface area (TPSA) is 89.5 Å².